The number of aliphatic hydroxyl groups excluding tert-OH is 1. The highest BCUT2D eigenvalue weighted by Crippen LogP contribution is 2.50. The van der Waals surface area contributed by atoms with Crippen molar-refractivity contribution in [1.82, 2.24) is 4.90 Å². The van der Waals surface area contributed by atoms with Crippen LogP contribution in [0.1, 0.15) is 41.0 Å². The van der Waals surface area contributed by atoms with Crippen molar-refractivity contribution in [3.05, 3.63) is 68.8 Å². The number of carboxylic acid groups (broad SMARTS) is 2. The van der Waals surface area contributed by atoms with Crippen molar-refractivity contribution >= 4 is 35.3 Å². The molecular formula is C30H29NO13. The molecule has 0 bridgehead atoms. The SMILES string of the molecule is CC=C(C)C(=O)OC1C(C)OC2OC3=C(C(=O)C=C4C(=O)C5=C(C)N(C(CC(=O)O)C(=O)O)C(C)=CC5=C4C3=O)C2(O)C1O. The number of hydrogen-bond donors (Lipinski definition) is 4. The molecule has 6 atom stereocenters. The minimum absolute atomic E-state index is 0.0486. The van der Waals surface area contributed by atoms with Gasteiger partial charge in [0.25, 0.3) is 0 Å². The predicted molar refractivity (Wildman–Crippen MR) is 145 cm³/mol. The Hall–Kier alpha value is -4.66. The van der Waals surface area contributed by atoms with Crippen molar-refractivity contribution in [2.24, 2.45) is 0 Å². The predicted octanol–water partition coefficient (Wildman–Crippen LogP) is 0.364. The maximum absolute atomic E-state index is 14.0. The van der Waals surface area contributed by atoms with Crippen LogP contribution in [0.25, 0.3) is 0 Å². The molecule has 0 aromatic carbocycles. The number of esters is 1. The number of aliphatic carboxylic acids is 2. The van der Waals surface area contributed by atoms with Crippen LogP contribution in [0.2, 0.25) is 0 Å². The van der Waals surface area contributed by atoms with Crippen LogP contribution in [-0.4, -0.2) is 96.8 Å². The van der Waals surface area contributed by atoms with Crippen molar-refractivity contribution in [3.63, 3.8) is 0 Å². The van der Waals surface area contributed by atoms with E-state index in [1.165, 1.54) is 44.7 Å². The van der Waals surface area contributed by atoms with E-state index in [1.54, 1.807) is 6.92 Å². The Labute approximate surface area is 249 Å². The fourth-order valence-electron chi connectivity index (χ4n) is 6.17. The number of carboxylic acids is 2. The lowest BCUT2D eigenvalue weighted by Crippen LogP contribution is -2.66. The van der Waals surface area contributed by atoms with Crippen LogP contribution < -0.4 is 0 Å². The molecule has 6 unspecified atom stereocenters. The fourth-order valence-corrected chi connectivity index (χ4v) is 6.17. The maximum Gasteiger partial charge on any atom is 0.333 e. The lowest BCUT2D eigenvalue weighted by molar-refractivity contribution is -0.301. The summed E-state index contributed by atoms with van der Waals surface area (Å²) in [5.41, 5.74) is -3.54. The van der Waals surface area contributed by atoms with Crippen LogP contribution in [0.5, 0.6) is 0 Å². The normalized spacial score (nSPS) is 30.6. The van der Waals surface area contributed by atoms with Crippen LogP contribution in [-0.2, 0) is 43.0 Å². The first-order valence-corrected chi connectivity index (χ1v) is 13.6. The van der Waals surface area contributed by atoms with E-state index in [2.05, 4.69) is 0 Å². The topological polar surface area (TPSA) is 214 Å². The Balaban J connectivity index is 1.62. The van der Waals surface area contributed by atoms with E-state index in [-0.39, 0.29) is 39.3 Å². The zero-order valence-electron chi connectivity index (χ0n) is 24.2. The minimum Gasteiger partial charge on any atom is -0.481 e. The van der Waals surface area contributed by atoms with Crippen LogP contribution in [0.4, 0.5) is 0 Å². The summed E-state index contributed by atoms with van der Waals surface area (Å²) in [6.45, 7) is 7.39. The van der Waals surface area contributed by atoms with Gasteiger partial charge in [0.15, 0.2) is 29.0 Å². The van der Waals surface area contributed by atoms with E-state index < -0.39 is 89.3 Å². The summed E-state index contributed by atoms with van der Waals surface area (Å²) in [4.78, 5) is 78.4. The third-order valence-corrected chi connectivity index (χ3v) is 8.43. The number of carbonyl (C=O) groups excluding carboxylic acids is 4. The number of hydrogen-bond acceptors (Lipinski definition) is 12. The number of allylic oxidation sites excluding steroid dienone is 9. The molecule has 0 saturated carbocycles. The Morgan fingerprint density at radius 1 is 1.11 bits per heavy atom. The van der Waals surface area contributed by atoms with Crippen LogP contribution in [0.15, 0.2) is 68.8 Å². The van der Waals surface area contributed by atoms with Gasteiger partial charge in [-0.3, -0.25) is 19.2 Å². The molecule has 14 nitrogen and oxygen atoms in total. The van der Waals surface area contributed by atoms with Gasteiger partial charge in [0.1, 0.15) is 12.1 Å². The molecule has 3 aliphatic heterocycles. The van der Waals surface area contributed by atoms with E-state index in [0.29, 0.717) is 0 Å². The minimum atomic E-state index is -2.66. The molecule has 4 N–H and O–H groups in total. The second-order valence-electron chi connectivity index (χ2n) is 11.0. The number of ketones is 3. The molecule has 1 saturated heterocycles. The van der Waals surface area contributed by atoms with E-state index in [9.17, 15) is 49.2 Å². The first-order chi connectivity index (χ1) is 20.6. The standard InChI is InChI=1S/C30H29NO13/c1-6-10(2)28(40)43-24-13(5)42-29-30(41,26(24)37)21-17(32)8-15-20(23(36)25(21)44-29)14-7-11(3)31(12(4)19(14)22(15)35)16(27(38)39)9-18(33)34/h6-8,13,16,24,26,29,37,41H,9H2,1-5H3,(H,33,34)(H,38,39). The second-order valence-corrected chi connectivity index (χ2v) is 11.0. The van der Waals surface area contributed by atoms with Crippen molar-refractivity contribution < 1.29 is 63.4 Å². The largest absolute Gasteiger partial charge is 0.481 e. The number of carbonyl (C=O) groups is 6. The highest BCUT2D eigenvalue weighted by atomic mass is 16.7. The van der Waals surface area contributed by atoms with Gasteiger partial charge in [-0.15, -0.1) is 0 Å². The molecule has 0 aromatic rings. The van der Waals surface area contributed by atoms with Crippen molar-refractivity contribution in [2.45, 2.75) is 77.3 Å². The van der Waals surface area contributed by atoms with Gasteiger partial charge in [0, 0.05) is 39.3 Å². The quantitative estimate of drug-likeness (QED) is 0.236. The molecule has 0 aromatic heterocycles. The first-order valence-electron chi connectivity index (χ1n) is 13.6. The molecule has 232 valence electrons. The summed E-state index contributed by atoms with van der Waals surface area (Å²) >= 11 is 0. The summed E-state index contributed by atoms with van der Waals surface area (Å²) < 4.78 is 16.7. The zero-order valence-corrected chi connectivity index (χ0v) is 24.2. The highest BCUT2D eigenvalue weighted by molar-refractivity contribution is 6.34. The Bertz CT molecular complexity index is 1650. The van der Waals surface area contributed by atoms with Gasteiger partial charge in [0.2, 0.25) is 12.1 Å². The van der Waals surface area contributed by atoms with Crippen molar-refractivity contribution in [3.8, 4) is 0 Å². The second kappa shape index (κ2) is 10.5. The average Bonchev–Trinajstić information content (AvgIpc) is 3.36. The lowest BCUT2D eigenvalue weighted by Gasteiger charge is -2.45. The lowest BCUT2D eigenvalue weighted by atomic mass is 9.79. The highest BCUT2D eigenvalue weighted by Gasteiger charge is 2.66. The summed E-state index contributed by atoms with van der Waals surface area (Å²) in [6.07, 6.45) is -3.40. The molecule has 14 heteroatoms. The molecular weight excluding hydrogens is 582 g/mol. The van der Waals surface area contributed by atoms with Gasteiger partial charge in [-0.2, -0.15) is 0 Å². The fraction of sp³-hybridized carbons (Fsp3) is 0.400. The number of ether oxygens (including phenoxy) is 3. The third-order valence-electron chi connectivity index (χ3n) is 8.43. The van der Waals surface area contributed by atoms with Crippen molar-refractivity contribution in [1.29, 1.82) is 0 Å². The van der Waals surface area contributed by atoms with Gasteiger partial charge < -0.3 is 39.5 Å². The summed E-state index contributed by atoms with van der Waals surface area (Å²) in [6, 6.07) is -1.57. The number of fused-ring (bicyclic) bond motifs is 4. The van der Waals surface area contributed by atoms with Gasteiger partial charge in [-0.25, -0.2) is 9.59 Å². The Kier molecular flexibility index (Phi) is 7.35. The number of Topliss-reactive ketones (excluding diaryl/α,β-unsaturated/α-hetero) is 2. The summed E-state index contributed by atoms with van der Waals surface area (Å²) in [7, 11) is 0. The molecule has 0 amide bonds. The molecule has 0 radical (unpaired) electrons. The first kappa shape index (κ1) is 30.8. The molecule has 3 heterocycles. The van der Waals surface area contributed by atoms with E-state index in [1.807, 2.05) is 0 Å². The van der Waals surface area contributed by atoms with Crippen LogP contribution >= 0.6 is 0 Å². The maximum atomic E-state index is 14.0. The number of rotatable bonds is 6. The van der Waals surface area contributed by atoms with Crippen molar-refractivity contribution in [2.75, 3.05) is 0 Å². The molecule has 1 fully saturated rings. The molecule has 0 spiro atoms. The van der Waals surface area contributed by atoms with Crippen LogP contribution in [0.3, 0.4) is 0 Å². The van der Waals surface area contributed by atoms with Gasteiger partial charge in [-0.05, 0) is 46.8 Å². The van der Waals surface area contributed by atoms with E-state index in [0.717, 1.165) is 6.08 Å². The molecule has 44 heavy (non-hydrogen) atoms. The monoisotopic (exact) mass is 611 g/mol. The summed E-state index contributed by atoms with van der Waals surface area (Å²) in [5.74, 6) is -7.16. The van der Waals surface area contributed by atoms with E-state index in [4.69, 9.17) is 14.2 Å². The zero-order chi connectivity index (χ0) is 32.6. The Morgan fingerprint density at radius 2 is 1.77 bits per heavy atom. The van der Waals surface area contributed by atoms with E-state index >= 15 is 0 Å². The smallest absolute Gasteiger partial charge is 0.333 e. The van der Waals surface area contributed by atoms with Gasteiger partial charge in [0.05, 0.1) is 18.1 Å². The van der Waals surface area contributed by atoms with Crippen LogP contribution in [0, 0.1) is 0 Å². The molecule has 5 rings (SSSR count). The molecule has 2 aliphatic carbocycles. The average molecular weight is 612 g/mol. The molecule has 5 aliphatic rings. The Morgan fingerprint density at radius 3 is 2.36 bits per heavy atom. The van der Waals surface area contributed by atoms with Gasteiger partial charge >= 0.3 is 17.9 Å². The van der Waals surface area contributed by atoms with Gasteiger partial charge in [-0.1, -0.05) is 6.08 Å². The number of nitrogens with zero attached hydrogens (tertiary/aromatic N) is 1. The summed E-state index contributed by atoms with van der Waals surface area (Å²) in [5, 5.41) is 42.1. The number of aliphatic hydroxyl groups is 2. The third kappa shape index (κ3) is 4.28.